The van der Waals surface area contributed by atoms with E-state index in [9.17, 15) is 24.5 Å². The lowest BCUT2D eigenvalue weighted by Crippen LogP contribution is -2.40. The van der Waals surface area contributed by atoms with E-state index in [4.69, 9.17) is 4.74 Å². The third-order valence-electron chi connectivity index (χ3n) is 4.43. The van der Waals surface area contributed by atoms with Crippen LogP contribution < -0.4 is 15.6 Å². The minimum absolute atomic E-state index is 0.137. The second-order valence-corrected chi connectivity index (χ2v) is 6.88. The Bertz CT molecular complexity index is 1230. The SMILES string of the molecule is Cc1cccc(C(=O)Oc2ccccc2/C=C/C(=O)NNC(=O)c2ccc([N+](=O)[O-])cc2)c1. The molecular formula is C24H19N3O6. The summed E-state index contributed by atoms with van der Waals surface area (Å²) in [5.41, 5.74) is 6.22. The molecular weight excluding hydrogens is 426 g/mol. The van der Waals surface area contributed by atoms with Crippen LogP contribution in [0.4, 0.5) is 5.69 Å². The number of para-hydroxylation sites is 1. The predicted octanol–water partition coefficient (Wildman–Crippen LogP) is 3.60. The van der Waals surface area contributed by atoms with E-state index in [0.717, 1.165) is 11.6 Å². The van der Waals surface area contributed by atoms with Gasteiger partial charge in [-0.25, -0.2) is 4.79 Å². The minimum Gasteiger partial charge on any atom is -0.422 e. The van der Waals surface area contributed by atoms with Gasteiger partial charge in [-0.1, -0.05) is 35.9 Å². The van der Waals surface area contributed by atoms with Gasteiger partial charge in [-0.15, -0.1) is 0 Å². The monoisotopic (exact) mass is 445 g/mol. The minimum atomic E-state index is -0.640. The Morgan fingerprint density at radius 3 is 2.33 bits per heavy atom. The summed E-state index contributed by atoms with van der Waals surface area (Å²) in [6, 6.07) is 18.6. The average Bonchev–Trinajstić information content (AvgIpc) is 2.82. The van der Waals surface area contributed by atoms with Crippen molar-refractivity contribution in [1.29, 1.82) is 0 Å². The third kappa shape index (κ3) is 6.34. The van der Waals surface area contributed by atoms with Crippen LogP contribution in [0, 0.1) is 17.0 Å². The lowest BCUT2D eigenvalue weighted by molar-refractivity contribution is -0.384. The fourth-order valence-electron chi connectivity index (χ4n) is 2.77. The van der Waals surface area contributed by atoms with Gasteiger partial charge in [0.05, 0.1) is 10.5 Å². The van der Waals surface area contributed by atoms with Crippen LogP contribution in [-0.2, 0) is 4.79 Å². The number of benzene rings is 3. The molecule has 0 atom stereocenters. The van der Waals surface area contributed by atoms with Gasteiger partial charge in [0.2, 0.25) is 0 Å². The quantitative estimate of drug-likeness (QED) is 0.196. The normalized spacial score (nSPS) is 10.5. The molecule has 166 valence electrons. The van der Waals surface area contributed by atoms with E-state index in [0.29, 0.717) is 11.1 Å². The molecule has 0 bridgehead atoms. The van der Waals surface area contributed by atoms with E-state index in [1.165, 1.54) is 30.3 Å². The first kappa shape index (κ1) is 22.9. The molecule has 9 heteroatoms. The standard InChI is InChI=1S/C24H19N3O6/c1-16-5-4-7-19(15-16)24(30)33-21-8-3-2-6-17(21)11-14-22(28)25-26-23(29)18-9-12-20(13-10-18)27(31)32/h2-15H,1H3,(H,25,28)(H,26,29)/b14-11+. The molecule has 0 unspecified atom stereocenters. The van der Waals surface area contributed by atoms with E-state index in [-0.39, 0.29) is 17.0 Å². The van der Waals surface area contributed by atoms with Crippen LogP contribution in [0.3, 0.4) is 0 Å². The summed E-state index contributed by atoms with van der Waals surface area (Å²) in [4.78, 5) is 46.6. The number of ether oxygens (including phenoxy) is 1. The fourth-order valence-corrected chi connectivity index (χ4v) is 2.77. The molecule has 0 saturated carbocycles. The van der Waals surface area contributed by atoms with Crippen molar-refractivity contribution < 1.29 is 24.0 Å². The van der Waals surface area contributed by atoms with E-state index < -0.39 is 22.7 Å². The zero-order chi connectivity index (χ0) is 23.8. The van der Waals surface area contributed by atoms with Crippen LogP contribution >= 0.6 is 0 Å². The van der Waals surface area contributed by atoms with E-state index in [1.54, 1.807) is 42.5 Å². The van der Waals surface area contributed by atoms with Crippen molar-refractivity contribution in [3.05, 3.63) is 111 Å². The molecule has 33 heavy (non-hydrogen) atoms. The Morgan fingerprint density at radius 2 is 1.64 bits per heavy atom. The van der Waals surface area contributed by atoms with Crippen molar-refractivity contribution in [2.24, 2.45) is 0 Å². The van der Waals surface area contributed by atoms with E-state index >= 15 is 0 Å². The van der Waals surface area contributed by atoms with Crippen LogP contribution in [0.2, 0.25) is 0 Å². The number of nitrogens with one attached hydrogen (secondary N) is 2. The van der Waals surface area contributed by atoms with Gasteiger partial charge < -0.3 is 4.74 Å². The Hall–Kier alpha value is -4.79. The highest BCUT2D eigenvalue weighted by molar-refractivity contribution is 5.98. The zero-order valence-corrected chi connectivity index (χ0v) is 17.5. The van der Waals surface area contributed by atoms with E-state index in [1.807, 2.05) is 13.0 Å². The highest BCUT2D eigenvalue weighted by Gasteiger charge is 2.12. The third-order valence-corrected chi connectivity index (χ3v) is 4.43. The number of hydrogen-bond acceptors (Lipinski definition) is 6. The number of aryl methyl sites for hydroxylation is 1. The average molecular weight is 445 g/mol. The molecule has 0 aromatic heterocycles. The van der Waals surface area contributed by atoms with Crippen molar-refractivity contribution >= 4 is 29.5 Å². The van der Waals surface area contributed by atoms with Crippen LogP contribution in [-0.4, -0.2) is 22.7 Å². The number of non-ortho nitro benzene ring substituents is 1. The van der Waals surface area contributed by atoms with Crippen molar-refractivity contribution in [2.75, 3.05) is 0 Å². The number of rotatable bonds is 6. The van der Waals surface area contributed by atoms with Gasteiger partial charge in [0.25, 0.3) is 17.5 Å². The van der Waals surface area contributed by atoms with Gasteiger partial charge in [0.1, 0.15) is 5.75 Å². The highest BCUT2D eigenvalue weighted by Crippen LogP contribution is 2.21. The number of amides is 2. The van der Waals surface area contributed by atoms with Crippen molar-refractivity contribution in [1.82, 2.24) is 10.9 Å². The van der Waals surface area contributed by atoms with Crippen LogP contribution in [0.1, 0.15) is 31.8 Å². The lowest BCUT2D eigenvalue weighted by atomic mass is 10.1. The number of carbonyl (C=O) groups is 3. The maximum absolute atomic E-state index is 12.4. The molecule has 3 rings (SSSR count). The Morgan fingerprint density at radius 1 is 0.909 bits per heavy atom. The van der Waals surface area contributed by atoms with Gasteiger partial charge in [0, 0.05) is 29.3 Å². The smallest absolute Gasteiger partial charge is 0.343 e. The summed E-state index contributed by atoms with van der Waals surface area (Å²) in [5.74, 6) is -1.54. The summed E-state index contributed by atoms with van der Waals surface area (Å²) in [6.45, 7) is 1.87. The van der Waals surface area contributed by atoms with Gasteiger partial charge >= 0.3 is 5.97 Å². The molecule has 0 aliphatic carbocycles. The summed E-state index contributed by atoms with van der Waals surface area (Å²) < 4.78 is 5.46. The molecule has 0 radical (unpaired) electrons. The zero-order valence-electron chi connectivity index (χ0n) is 17.5. The topological polar surface area (TPSA) is 128 Å². The highest BCUT2D eigenvalue weighted by atomic mass is 16.6. The molecule has 3 aromatic carbocycles. The maximum Gasteiger partial charge on any atom is 0.343 e. The Labute approximate surface area is 188 Å². The molecule has 2 amide bonds. The second-order valence-electron chi connectivity index (χ2n) is 6.88. The predicted molar refractivity (Wildman–Crippen MR) is 120 cm³/mol. The number of hydrazine groups is 1. The summed E-state index contributed by atoms with van der Waals surface area (Å²) >= 11 is 0. The number of hydrogen-bond donors (Lipinski definition) is 2. The van der Waals surface area contributed by atoms with E-state index in [2.05, 4.69) is 10.9 Å². The van der Waals surface area contributed by atoms with Crippen LogP contribution in [0.15, 0.2) is 78.9 Å². The molecule has 0 spiro atoms. The molecule has 0 saturated heterocycles. The maximum atomic E-state index is 12.4. The molecule has 2 N–H and O–H groups in total. The van der Waals surface area contributed by atoms with Gasteiger partial charge in [0.15, 0.2) is 0 Å². The van der Waals surface area contributed by atoms with Crippen LogP contribution in [0.25, 0.3) is 6.08 Å². The molecule has 9 nitrogen and oxygen atoms in total. The van der Waals surface area contributed by atoms with Gasteiger partial charge in [-0.05, 0) is 43.3 Å². The first-order chi connectivity index (χ1) is 15.8. The first-order valence-corrected chi connectivity index (χ1v) is 9.74. The summed E-state index contributed by atoms with van der Waals surface area (Å²) in [7, 11) is 0. The fraction of sp³-hybridized carbons (Fsp3) is 0.0417. The van der Waals surface area contributed by atoms with Crippen molar-refractivity contribution in [3.8, 4) is 5.75 Å². The molecule has 0 fully saturated rings. The number of nitro benzene ring substituents is 1. The lowest BCUT2D eigenvalue weighted by Gasteiger charge is -2.08. The van der Waals surface area contributed by atoms with Crippen LogP contribution in [0.5, 0.6) is 5.75 Å². The number of nitrogens with zero attached hydrogens (tertiary/aromatic N) is 1. The summed E-state index contributed by atoms with van der Waals surface area (Å²) in [6.07, 6.45) is 2.60. The Balaban J connectivity index is 1.60. The number of carbonyl (C=O) groups excluding carboxylic acids is 3. The molecule has 0 aliphatic heterocycles. The Kier molecular flexibility index (Phi) is 7.28. The number of nitro groups is 1. The van der Waals surface area contributed by atoms with Crippen molar-refractivity contribution in [2.45, 2.75) is 6.92 Å². The second kappa shape index (κ2) is 10.5. The van der Waals surface area contributed by atoms with Gasteiger partial charge in [-0.2, -0.15) is 0 Å². The van der Waals surface area contributed by atoms with Crippen molar-refractivity contribution in [3.63, 3.8) is 0 Å². The largest absolute Gasteiger partial charge is 0.422 e. The first-order valence-electron chi connectivity index (χ1n) is 9.74. The number of esters is 1. The molecule has 0 heterocycles. The summed E-state index contributed by atoms with van der Waals surface area (Å²) in [5, 5.41) is 10.7. The van der Waals surface area contributed by atoms with Gasteiger partial charge in [-0.3, -0.25) is 30.6 Å². The molecule has 0 aliphatic rings. The molecule has 3 aromatic rings.